The molecule has 1 saturated heterocycles. The zero-order chi connectivity index (χ0) is 20.5. The Bertz CT molecular complexity index is 856. The van der Waals surface area contributed by atoms with Crippen molar-refractivity contribution in [3.63, 3.8) is 0 Å². The van der Waals surface area contributed by atoms with Crippen LogP contribution in [0.15, 0.2) is 24.4 Å². The molecule has 0 bridgehead atoms. The molecule has 1 saturated carbocycles. The SMILES string of the molecule is CC(C)Oc1cccc2[nH]cc(C(C)CC(=O)N3CCCC4C(C)CCCC43)c12. The highest BCUT2D eigenvalue weighted by molar-refractivity contribution is 5.90. The number of fused-ring (bicyclic) bond motifs is 2. The number of carbonyl (C=O) groups is 1. The number of H-pyrrole nitrogens is 1. The predicted molar refractivity (Wildman–Crippen MR) is 118 cm³/mol. The van der Waals surface area contributed by atoms with Gasteiger partial charge in [-0.1, -0.05) is 32.8 Å². The van der Waals surface area contributed by atoms with Crippen molar-refractivity contribution >= 4 is 16.8 Å². The second-order valence-corrected chi connectivity index (χ2v) is 9.56. The molecule has 0 radical (unpaired) electrons. The molecule has 4 nitrogen and oxygen atoms in total. The van der Waals surface area contributed by atoms with Crippen LogP contribution in [-0.2, 0) is 4.79 Å². The second-order valence-electron chi connectivity index (χ2n) is 9.56. The van der Waals surface area contributed by atoms with Crippen LogP contribution >= 0.6 is 0 Å². The average Bonchev–Trinajstić information content (AvgIpc) is 3.13. The summed E-state index contributed by atoms with van der Waals surface area (Å²) in [5, 5.41) is 1.13. The fourth-order valence-corrected chi connectivity index (χ4v) is 5.70. The van der Waals surface area contributed by atoms with E-state index in [-0.39, 0.29) is 12.0 Å². The average molecular weight is 397 g/mol. The largest absolute Gasteiger partial charge is 0.490 e. The lowest BCUT2D eigenvalue weighted by atomic mass is 9.72. The number of aromatic nitrogens is 1. The highest BCUT2D eigenvalue weighted by atomic mass is 16.5. The number of carbonyl (C=O) groups excluding carboxylic acids is 1. The number of likely N-dealkylation sites (tertiary alicyclic amines) is 1. The van der Waals surface area contributed by atoms with Gasteiger partial charge in [-0.15, -0.1) is 0 Å². The summed E-state index contributed by atoms with van der Waals surface area (Å²) in [6, 6.07) is 6.61. The Morgan fingerprint density at radius 1 is 1.21 bits per heavy atom. The molecule has 1 aliphatic heterocycles. The Kier molecular flexibility index (Phi) is 5.89. The molecular weight excluding hydrogens is 360 g/mol. The van der Waals surface area contributed by atoms with Gasteiger partial charge in [0.25, 0.3) is 0 Å². The van der Waals surface area contributed by atoms with E-state index < -0.39 is 0 Å². The molecule has 29 heavy (non-hydrogen) atoms. The summed E-state index contributed by atoms with van der Waals surface area (Å²) in [7, 11) is 0. The Morgan fingerprint density at radius 2 is 2.03 bits per heavy atom. The molecular formula is C25H36N2O2. The number of amides is 1. The number of nitrogens with zero attached hydrogens (tertiary/aromatic N) is 1. The molecule has 2 fully saturated rings. The van der Waals surface area contributed by atoms with Crippen molar-refractivity contribution in [1.29, 1.82) is 0 Å². The smallest absolute Gasteiger partial charge is 0.223 e. The van der Waals surface area contributed by atoms with Gasteiger partial charge in [-0.25, -0.2) is 0 Å². The molecule has 1 aromatic carbocycles. The minimum absolute atomic E-state index is 0.124. The van der Waals surface area contributed by atoms with Crippen LogP contribution in [0.1, 0.15) is 77.7 Å². The van der Waals surface area contributed by atoms with Crippen LogP contribution < -0.4 is 4.74 Å². The minimum atomic E-state index is 0.124. The van der Waals surface area contributed by atoms with Crippen LogP contribution in [0.4, 0.5) is 0 Å². The summed E-state index contributed by atoms with van der Waals surface area (Å²) < 4.78 is 6.07. The van der Waals surface area contributed by atoms with Crippen molar-refractivity contribution in [3.05, 3.63) is 30.0 Å². The van der Waals surface area contributed by atoms with Crippen molar-refractivity contribution in [3.8, 4) is 5.75 Å². The van der Waals surface area contributed by atoms with Crippen LogP contribution in [0.25, 0.3) is 10.9 Å². The van der Waals surface area contributed by atoms with E-state index >= 15 is 0 Å². The summed E-state index contributed by atoms with van der Waals surface area (Å²) in [6.07, 6.45) is 8.99. The maximum absolute atomic E-state index is 13.3. The first-order valence-corrected chi connectivity index (χ1v) is 11.5. The van der Waals surface area contributed by atoms with E-state index in [9.17, 15) is 4.79 Å². The van der Waals surface area contributed by atoms with Crippen LogP contribution in [0.5, 0.6) is 5.75 Å². The second kappa shape index (κ2) is 8.41. The normalized spacial score (nSPS) is 25.8. The zero-order valence-electron chi connectivity index (χ0n) is 18.4. The number of hydrogen-bond acceptors (Lipinski definition) is 2. The van der Waals surface area contributed by atoms with Gasteiger partial charge in [-0.3, -0.25) is 4.79 Å². The first kappa shape index (κ1) is 20.3. The Morgan fingerprint density at radius 3 is 2.83 bits per heavy atom. The van der Waals surface area contributed by atoms with E-state index in [0.717, 1.165) is 35.5 Å². The number of rotatable bonds is 5. The van der Waals surface area contributed by atoms with Gasteiger partial charge in [-0.05, 0) is 68.6 Å². The van der Waals surface area contributed by atoms with Crippen LogP contribution in [0.3, 0.4) is 0 Å². The number of hydrogen-bond donors (Lipinski definition) is 1. The molecule has 2 aliphatic rings. The van der Waals surface area contributed by atoms with Crippen molar-refractivity contribution < 1.29 is 9.53 Å². The third-order valence-corrected chi connectivity index (χ3v) is 7.11. The van der Waals surface area contributed by atoms with Gasteiger partial charge in [0.15, 0.2) is 0 Å². The molecule has 1 aromatic heterocycles. The first-order valence-electron chi connectivity index (χ1n) is 11.5. The molecule has 1 amide bonds. The third-order valence-electron chi connectivity index (χ3n) is 7.11. The fraction of sp³-hybridized carbons (Fsp3) is 0.640. The Balaban J connectivity index is 1.53. The van der Waals surface area contributed by atoms with E-state index in [1.165, 1.54) is 31.2 Å². The van der Waals surface area contributed by atoms with Gasteiger partial charge in [0.2, 0.25) is 5.91 Å². The number of nitrogens with one attached hydrogen (secondary N) is 1. The molecule has 4 heteroatoms. The summed E-state index contributed by atoms with van der Waals surface area (Å²) in [5.74, 6) is 2.86. The van der Waals surface area contributed by atoms with E-state index in [1.807, 2.05) is 12.1 Å². The van der Waals surface area contributed by atoms with Gasteiger partial charge in [0.1, 0.15) is 5.75 Å². The molecule has 0 spiro atoms. The van der Waals surface area contributed by atoms with Gasteiger partial charge >= 0.3 is 0 Å². The zero-order valence-corrected chi connectivity index (χ0v) is 18.4. The van der Waals surface area contributed by atoms with Gasteiger partial charge in [-0.2, -0.15) is 0 Å². The fourth-order valence-electron chi connectivity index (χ4n) is 5.70. The van der Waals surface area contributed by atoms with E-state index in [0.29, 0.717) is 24.3 Å². The van der Waals surface area contributed by atoms with Crippen molar-refractivity contribution in [2.24, 2.45) is 11.8 Å². The third kappa shape index (κ3) is 4.04. The molecule has 4 unspecified atom stereocenters. The number of piperidine rings is 1. The first-order chi connectivity index (χ1) is 14.0. The molecule has 4 rings (SSSR count). The molecule has 1 aliphatic carbocycles. The highest BCUT2D eigenvalue weighted by Crippen LogP contribution is 2.40. The Labute approximate surface area is 175 Å². The van der Waals surface area contributed by atoms with E-state index in [2.05, 4.69) is 49.8 Å². The van der Waals surface area contributed by atoms with Crippen molar-refractivity contribution in [1.82, 2.24) is 9.88 Å². The molecule has 158 valence electrons. The molecule has 1 N–H and O–H groups in total. The lowest BCUT2D eigenvalue weighted by Gasteiger charge is -2.47. The van der Waals surface area contributed by atoms with Crippen LogP contribution in [-0.4, -0.2) is 34.5 Å². The van der Waals surface area contributed by atoms with Crippen LogP contribution in [0, 0.1) is 11.8 Å². The Hall–Kier alpha value is -1.97. The van der Waals surface area contributed by atoms with Crippen LogP contribution in [0.2, 0.25) is 0 Å². The maximum atomic E-state index is 13.3. The highest BCUT2D eigenvalue weighted by Gasteiger charge is 2.39. The molecule has 2 aromatic rings. The minimum Gasteiger partial charge on any atom is -0.490 e. The predicted octanol–water partition coefficient (Wildman–Crippen LogP) is 5.88. The van der Waals surface area contributed by atoms with Crippen molar-refractivity contribution in [2.45, 2.75) is 84.3 Å². The standard InChI is InChI=1S/C25H36N2O2/c1-16(2)29-23-12-6-10-21-25(23)20(15-26-21)18(4)14-24(28)27-13-7-9-19-17(3)8-5-11-22(19)27/h6,10,12,15-19,22,26H,5,7-9,11,13-14H2,1-4H3. The summed E-state index contributed by atoms with van der Waals surface area (Å²) >= 11 is 0. The van der Waals surface area contributed by atoms with Gasteiger partial charge < -0.3 is 14.6 Å². The summed E-state index contributed by atoms with van der Waals surface area (Å²) in [5.41, 5.74) is 2.27. The summed E-state index contributed by atoms with van der Waals surface area (Å²) in [6.45, 7) is 9.61. The topological polar surface area (TPSA) is 45.3 Å². The van der Waals surface area contributed by atoms with Gasteiger partial charge in [0.05, 0.1) is 6.10 Å². The van der Waals surface area contributed by atoms with Gasteiger partial charge in [0, 0.05) is 36.1 Å². The number of ether oxygens (including phenoxy) is 1. The lowest BCUT2D eigenvalue weighted by Crippen LogP contribution is -2.51. The van der Waals surface area contributed by atoms with E-state index in [1.54, 1.807) is 0 Å². The maximum Gasteiger partial charge on any atom is 0.223 e. The molecule has 2 heterocycles. The van der Waals surface area contributed by atoms with E-state index in [4.69, 9.17) is 4.74 Å². The number of benzene rings is 1. The lowest BCUT2D eigenvalue weighted by molar-refractivity contribution is -0.138. The van der Waals surface area contributed by atoms with Crippen molar-refractivity contribution in [2.75, 3.05) is 6.54 Å². The number of aromatic amines is 1. The molecule has 4 atom stereocenters. The monoisotopic (exact) mass is 396 g/mol. The summed E-state index contributed by atoms with van der Waals surface area (Å²) in [4.78, 5) is 19.0. The quantitative estimate of drug-likeness (QED) is 0.686.